The monoisotopic (exact) mass is 395 g/mol. The fourth-order valence-electron chi connectivity index (χ4n) is 4.62. The second-order valence-electron chi connectivity index (χ2n) is 8.37. The number of anilines is 1. The van der Waals surface area contributed by atoms with Crippen molar-refractivity contribution >= 4 is 17.5 Å². The highest BCUT2D eigenvalue weighted by Gasteiger charge is 2.30. The van der Waals surface area contributed by atoms with Gasteiger partial charge >= 0.3 is 0 Å². The lowest BCUT2D eigenvalue weighted by Gasteiger charge is -2.25. The number of furan rings is 1. The number of carbonyl (C=O) groups is 2. The molecule has 1 aromatic carbocycles. The van der Waals surface area contributed by atoms with Crippen LogP contribution in [0.25, 0.3) is 0 Å². The smallest absolute Gasteiger partial charge is 0.257 e. The molecule has 3 heterocycles. The maximum atomic E-state index is 13.1. The molecule has 1 saturated heterocycles. The van der Waals surface area contributed by atoms with E-state index in [-0.39, 0.29) is 11.8 Å². The first kappa shape index (κ1) is 19.6. The van der Waals surface area contributed by atoms with Crippen LogP contribution < -0.4 is 4.90 Å². The number of nitrogens with zero attached hydrogens (tertiary/aromatic N) is 3. The van der Waals surface area contributed by atoms with E-state index in [1.54, 1.807) is 24.2 Å². The molecular formula is C23H29N3O3. The average Bonchev–Trinajstić information content (AvgIpc) is 3.41. The molecule has 6 heteroatoms. The van der Waals surface area contributed by atoms with Crippen molar-refractivity contribution in [1.29, 1.82) is 0 Å². The minimum Gasteiger partial charge on any atom is -0.467 e. The van der Waals surface area contributed by atoms with Gasteiger partial charge in [-0.3, -0.25) is 9.59 Å². The van der Waals surface area contributed by atoms with Crippen LogP contribution in [0.1, 0.15) is 41.9 Å². The quantitative estimate of drug-likeness (QED) is 0.780. The standard InChI is InChI=1S/C23H29N3O3/c1-16-12-19-6-4-5-7-21(19)26(16)15-22-20(9-11-29-22)23(28)24(3)13-18-8-10-25(14-18)17(2)27/h4-7,9,11,16,18H,8,10,12-15H2,1-3H3/t16-,18-/m0/s1. The molecular weight excluding hydrogens is 366 g/mol. The largest absolute Gasteiger partial charge is 0.467 e. The minimum absolute atomic E-state index is 0.0184. The zero-order valence-corrected chi connectivity index (χ0v) is 17.4. The van der Waals surface area contributed by atoms with Crippen molar-refractivity contribution in [3.05, 3.63) is 53.5 Å². The SMILES string of the molecule is CC(=O)N1CC[C@@H](CN(C)C(=O)c2ccoc2CN2c3ccccc3C[C@@H]2C)C1. The van der Waals surface area contributed by atoms with Gasteiger partial charge < -0.3 is 19.1 Å². The third kappa shape index (κ3) is 3.88. The molecule has 0 saturated carbocycles. The van der Waals surface area contributed by atoms with Crippen molar-refractivity contribution in [1.82, 2.24) is 9.80 Å². The van der Waals surface area contributed by atoms with Gasteiger partial charge in [-0.25, -0.2) is 0 Å². The van der Waals surface area contributed by atoms with Gasteiger partial charge in [0.2, 0.25) is 5.91 Å². The van der Waals surface area contributed by atoms with Crippen molar-refractivity contribution in [2.45, 2.75) is 39.3 Å². The number of amides is 2. The molecule has 0 bridgehead atoms. The van der Waals surface area contributed by atoms with Crippen molar-refractivity contribution in [3.8, 4) is 0 Å². The van der Waals surface area contributed by atoms with Gasteiger partial charge in [0.15, 0.2) is 0 Å². The first-order chi connectivity index (χ1) is 13.9. The molecule has 2 aliphatic heterocycles. The summed E-state index contributed by atoms with van der Waals surface area (Å²) in [6, 6.07) is 10.6. The Bertz CT molecular complexity index is 906. The molecule has 2 atom stereocenters. The Morgan fingerprint density at radius 2 is 2.03 bits per heavy atom. The third-order valence-corrected chi connectivity index (χ3v) is 6.25. The molecule has 6 nitrogen and oxygen atoms in total. The summed E-state index contributed by atoms with van der Waals surface area (Å²) in [6.07, 6.45) is 3.56. The van der Waals surface area contributed by atoms with E-state index in [1.165, 1.54) is 11.3 Å². The summed E-state index contributed by atoms with van der Waals surface area (Å²) >= 11 is 0. The van der Waals surface area contributed by atoms with Crippen LogP contribution >= 0.6 is 0 Å². The lowest BCUT2D eigenvalue weighted by atomic mass is 10.1. The van der Waals surface area contributed by atoms with Gasteiger partial charge in [0.1, 0.15) is 5.76 Å². The Morgan fingerprint density at radius 1 is 1.24 bits per heavy atom. The van der Waals surface area contributed by atoms with Crippen molar-refractivity contribution in [2.24, 2.45) is 5.92 Å². The highest BCUT2D eigenvalue weighted by atomic mass is 16.3. The summed E-state index contributed by atoms with van der Waals surface area (Å²) < 4.78 is 5.74. The molecule has 1 aromatic heterocycles. The molecule has 0 spiro atoms. The minimum atomic E-state index is -0.0184. The third-order valence-electron chi connectivity index (χ3n) is 6.25. The molecule has 2 aliphatic rings. The fourth-order valence-corrected chi connectivity index (χ4v) is 4.62. The lowest BCUT2D eigenvalue weighted by Crippen LogP contribution is -2.35. The van der Waals surface area contributed by atoms with E-state index in [2.05, 4.69) is 36.1 Å². The number of hydrogen-bond acceptors (Lipinski definition) is 4. The molecule has 2 amide bonds. The number of likely N-dealkylation sites (tertiary alicyclic amines) is 1. The Hall–Kier alpha value is -2.76. The molecule has 29 heavy (non-hydrogen) atoms. The normalized spacial score (nSPS) is 20.8. The van der Waals surface area contributed by atoms with Crippen LogP contribution in [0.2, 0.25) is 0 Å². The highest BCUT2D eigenvalue weighted by Crippen LogP contribution is 2.33. The van der Waals surface area contributed by atoms with Crippen LogP contribution in [0.5, 0.6) is 0 Å². The predicted molar refractivity (Wildman–Crippen MR) is 112 cm³/mol. The maximum Gasteiger partial charge on any atom is 0.257 e. The predicted octanol–water partition coefficient (Wildman–Crippen LogP) is 3.17. The first-order valence-corrected chi connectivity index (χ1v) is 10.4. The van der Waals surface area contributed by atoms with Crippen LogP contribution in [0.3, 0.4) is 0 Å². The maximum absolute atomic E-state index is 13.1. The summed E-state index contributed by atoms with van der Waals surface area (Å²) in [5.74, 6) is 1.13. The van der Waals surface area contributed by atoms with Crippen LogP contribution in [-0.2, 0) is 17.8 Å². The summed E-state index contributed by atoms with van der Waals surface area (Å²) in [7, 11) is 1.84. The topological polar surface area (TPSA) is 57.0 Å². The van der Waals surface area contributed by atoms with Crippen molar-refractivity contribution in [2.75, 3.05) is 31.6 Å². The average molecular weight is 396 g/mol. The van der Waals surface area contributed by atoms with E-state index in [9.17, 15) is 9.59 Å². The summed E-state index contributed by atoms with van der Waals surface area (Å²) in [5, 5.41) is 0. The number of benzene rings is 1. The number of rotatable bonds is 5. The lowest BCUT2D eigenvalue weighted by molar-refractivity contribution is -0.127. The van der Waals surface area contributed by atoms with Crippen molar-refractivity contribution < 1.29 is 14.0 Å². The van der Waals surface area contributed by atoms with Gasteiger partial charge in [-0.2, -0.15) is 0 Å². The Balaban J connectivity index is 1.44. The van der Waals surface area contributed by atoms with E-state index in [0.717, 1.165) is 25.9 Å². The van der Waals surface area contributed by atoms with Crippen LogP contribution in [0.4, 0.5) is 5.69 Å². The first-order valence-electron chi connectivity index (χ1n) is 10.4. The van der Waals surface area contributed by atoms with E-state index in [1.807, 2.05) is 11.9 Å². The highest BCUT2D eigenvalue weighted by molar-refractivity contribution is 5.95. The van der Waals surface area contributed by atoms with Gasteiger partial charge in [0, 0.05) is 45.3 Å². The van der Waals surface area contributed by atoms with Gasteiger partial charge in [-0.1, -0.05) is 18.2 Å². The summed E-state index contributed by atoms with van der Waals surface area (Å²) in [4.78, 5) is 30.6. The molecule has 4 rings (SSSR count). The number of para-hydroxylation sites is 1. The molecule has 154 valence electrons. The van der Waals surface area contributed by atoms with Gasteiger partial charge in [0.05, 0.1) is 18.4 Å². The molecule has 0 radical (unpaired) electrons. The molecule has 0 unspecified atom stereocenters. The molecule has 0 N–H and O–H groups in total. The van der Waals surface area contributed by atoms with E-state index in [0.29, 0.717) is 36.4 Å². The molecule has 2 aromatic rings. The number of fused-ring (bicyclic) bond motifs is 1. The fraction of sp³-hybridized carbons (Fsp3) is 0.478. The number of carbonyl (C=O) groups excluding carboxylic acids is 2. The second kappa shape index (κ2) is 7.93. The van der Waals surface area contributed by atoms with E-state index < -0.39 is 0 Å². The van der Waals surface area contributed by atoms with Crippen molar-refractivity contribution in [3.63, 3.8) is 0 Å². The van der Waals surface area contributed by atoms with Crippen LogP contribution in [0.15, 0.2) is 41.0 Å². The van der Waals surface area contributed by atoms with Gasteiger partial charge in [-0.05, 0) is 43.4 Å². The van der Waals surface area contributed by atoms with E-state index >= 15 is 0 Å². The molecule has 1 fully saturated rings. The number of hydrogen-bond donors (Lipinski definition) is 0. The summed E-state index contributed by atoms with van der Waals surface area (Å²) in [5.41, 5.74) is 3.19. The van der Waals surface area contributed by atoms with Gasteiger partial charge in [0.25, 0.3) is 5.91 Å². The Kier molecular flexibility index (Phi) is 5.35. The van der Waals surface area contributed by atoms with Crippen LogP contribution in [0, 0.1) is 5.92 Å². The van der Waals surface area contributed by atoms with Gasteiger partial charge in [-0.15, -0.1) is 0 Å². The Labute approximate surface area is 172 Å². The van der Waals surface area contributed by atoms with Crippen LogP contribution in [-0.4, -0.2) is 54.3 Å². The van der Waals surface area contributed by atoms with E-state index in [4.69, 9.17) is 4.42 Å². The molecule has 0 aliphatic carbocycles. The zero-order chi connectivity index (χ0) is 20.5. The zero-order valence-electron chi connectivity index (χ0n) is 17.4. The Morgan fingerprint density at radius 3 is 2.79 bits per heavy atom. The summed E-state index contributed by atoms with van der Waals surface area (Å²) in [6.45, 7) is 6.56. The second-order valence-corrected chi connectivity index (χ2v) is 8.37.